The highest BCUT2D eigenvalue weighted by molar-refractivity contribution is 8.00. The highest BCUT2D eigenvalue weighted by Gasteiger charge is 2.63. The van der Waals surface area contributed by atoms with E-state index in [1.165, 1.54) is 0 Å². The summed E-state index contributed by atoms with van der Waals surface area (Å²) >= 11 is 1.57. The van der Waals surface area contributed by atoms with Crippen molar-refractivity contribution in [3.8, 4) is 0 Å². The number of ketones is 2. The van der Waals surface area contributed by atoms with Crippen LogP contribution in [0.15, 0.2) is 35.2 Å². The molecule has 1 aromatic carbocycles. The van der Waals surface area contributed by atoms with Crippen molar-refractivity contribution in [2.75, 3.05) is 0 Å². The van der Waals surface area contributed by atoms with Crippen LogP contribution < -0.4 is 0 Å². The van der Waals surface area contributed by atoms with Crippen LogP contribution in [0.3, 0.4) is 0 Å². The molecular weight excluding hydrogens is 296 g/mol. The van der Waals surface area contributed by atoms with Gasteiger partial charge in [0.05, 0.1) is 6.10 Å². The molecule has 2 aliphatic carbocycles. The first-order valence-electron chi connectivity index (χ1n) is 7.83. The zero-order chi connectivity index (χ0) is 16.0. The monoisotopic (exact) mass is 318 g/mol. The third-order valence-corrected chi connectivity index (χ3v) is 6.39. The zero-order valence-electron chi connectivity index (χ0n) is 13.0. The lowest BCUT2D eigenvalue weighted by Crippen LogP contribution is -2.56. The van der Waals surface area contributed by atoms with E-state index in [9.17, 15) is 14.7 Å². The van der Waals surface area contributed by atoms with Gasteiger partial charge >= 0.3 is 0 Å². The molecule has 4 heteroatoms. The van der Waals surface area contributed by atoms with Crippen molar-refractivity contribution in [1.82, 2.24) is 0 Å². The largest absolute Gasteiger partial charge is 0.392 e. The Hall–Kier alpha value is -1.13. The van der Waals surface area contributed by atoms with Crippen molar-refractivity contribution in [1.29, 1.82) is 0 Å². The smallest absolute Gasteiger partial charge is 0.150 e. The zero-order valence-corrected chi connectivity index (χ0v) is 13.9. The van der Waals surface area contributed by atoms with Crippen LogP contribution in [0, 0.1) is 10.8 Å². The fourth-order valence-electron chi connectivity index (χ4n) is 3.90. The topological polar surface area (TPSA) is 54.4 Å². The van der Waals surface area contributed by atoms with Crippen molar-refractivity contribution < 1.29 is 14.7 Å². The summed E-state index contributed by atoms with van der Waals surface area (Å²) in [6.45, 7) is 3.91. The number of thioether (sulfide) groups is 1. The summed E-state index contributed by atoms with van der Waals surface area (Å²) in [6, 6.07) is 9.83. The highest BCUT2D eigenvalue weighted by atomic mass is 32.2. The van der Waals surface area contributed by atoms with Gasteiger partial charge in [-0.05, 0) is 30.4 Å². The van der Waals surface area contributed by atoms with E-state index in [0.717, 1.165) is 4.90 Å². The Bertz CT molecular complexity index is 574. The van der Waals surface area contributed by atoms with Crippen LogP contribution >= 0.6 is 11.8 Å². The molecule has 0 heterocycles. The molecule has 0 aromatic heterocycles. The van der Waals surface area contributed by atoms with Crippen LogP contribution in [0.5, 0.6) is 0 Å². The number of hydrogen-bond donors (Lipinski definition) is 1. The Labute approximate surface area is 135 Å². The lowest BCUT2D eigenvalue weighted by atomic mass is 9.61. The molecule has 0 saturated heterocycles. The minimum Gasteiger partial charge on any atom is -0.392 e. The van der Waals surface area contributed by atoms with Crippen molar-refractivity contribution in [3.05, 3.63) is 30.3 Å². The van der Waals surface area contributed by atoms with Crippen LogP contribution in [-0.4, -0.2) is 28.0 Å². The summed E-state index contributed by atoms with van der Waals surface area (Å²) in [5.41, 5.74) is -1.47. The summed E-state index contributed by atoms with van der Waals surface area (Å²) in [7, 11) is 0. The molecule has 0 amide bonds. The van der Waals surface area contributed by atoms with Crippen molar-refractivity contribution >= 4 is 23.3 Å². The summed E-state index contributed by atoms with van der Waals surface area (Å²) < 4.78 is 0. The van der Waals surface area contributed by atoms with Crippen LogP contribution in [0.1, 0.15) is 39.5 Å². The number of rotatable bonds is 2. The molecule has 2 unspecified atom stereocenters. The maximum Gasteiger partial charge on any atom is 0.150 e. The molecule has 1 spiro atoms. The van der Waals surface area contributed by atoms with E-state index in [2.05, 4.69) is 0 Å². The van der Waals surface area contributed by atoms with Gasteiger partial charge in [-0.25, -0.2) is 0 Å². The van der Waals surface area contributed by atoms with Gasteiger partial charge in [-0.15, -0.1) is 11.8 Å². The standard InChI is InChI=1S/C18H22O3S/c1-17(2)10-14(20)18(15(21)11-17)13(19)8-9-16(18)22-12-6-4-3-5-7-12/h3-7,13,16,19H,8-11H2,1-2H3. The molecule has 3 nitrogen and oxygen atoms in total. The summed E-state index contributed by atoms with van der Waals surface area (Å²) in [5, 5.41) is 10.4. The molecule has 2 saturated carbocycles. The number of aliphatic hydroxyl groups excluding tert-OH is 1. The Morgan fingerprint density at radius 3 is 2.23 bits per heavy atom. The van der Waals surface area contributed by atoms with Gasteiger partial charge in [0.25, 0.3) is 0 Å². The molecule has 0 aliphatic heterocycles. The normalized spacial score (nSPS) is 30.0. The van der Waals surface area contributed by atoms with Crippen LogP contribution in [-0.2, 0) is 9.59 Å². The van der Waals surface area contributed by atoms with Crippen molar-refractivity contribution in [2.45, 2.75) is 55.8 Å². The van der Waals surface area contributed by atoms with Gasteiger partial charge in [-0.2, -0.15) is 0 Å². The third kappa shape index (κ3) is 2.42. The molecule has 22 heavy (non-hydrogen) atoms. The molecule has 2 fully saturated rings. The molecule has 0 bridgehead atoms. The number of carbonyl (C=O) groups excluding carboxylic acids is 2. The third-order valence-electron chi connectivity index (χ3n) is 4.96. The first-order valence-corrected chi connectivity index (χ1v) is 8.70. The van der Waals surface area contributed by atoms with E-state index in [4.69, 9.17) is 0 Å². The average Bonchev–Trinajstić information content (AvgIpc) is 2.75. The minimum absolute atomic E-state index is 0.0628. The molecule has 1 aromatic rings. The van der Waals surface area contributed by atoms with Gasteiger partial charge in [0.1, 0.15) is 5.41 Å². The predicted octanol–water partition coefficient (Wildman–Crippen LogP) is 3.25. The fourth-order valence-corrected chi connectivity index (χ4v) is 5.41. The second-order valence-electron chi connectivity index (χ2n) is 7.25. The number of benzene rings is 1. The number of Topliss-reactive ketones (excluding diaryl/α,β-unsaturated/α-hetero) is 2. The van der Waals surface area contributed by atoms with Gasteiger partial charge in [0.15, 0.2) is 11.6 Å². The van der Waals surface area contributed by atoms with E-state index >= 15 is 0 Å². The second-order valence-corrected chi connectivity index (χ2v) is 8.52. The summed E-state index contributed by atoms with van der Waals surface area (Å²) in [4.78, 5) is 26.8. The van der Waals surface area contributed by atoms with Crippen molar-refractivity contribution in [2.24, 2.45) is 10.8 Å². The Balaban J connectivity index is 1.95. The molecule has 2 atom stereocenters. The van der Waals surface area contributed by atoms with Gasteiger partial charge < -0.3 is 5.11 Å². The molecule has 2 aliphatic rings. The Morgan fingerprint density at radius 1 is 1.05 bits per heavy atom. The maximum absolute atomic E-state index is 12.9. The van der Waals surface area contributed by atoms with E-state index < -0.39 is 11.5 Å². The van der Waals surface area contributed by atoms with Crippen LogP contribution in [0.25, 0.3) is 0 Å². The first kappa shape index (κ1) is 15.8. The van der Waals surface area contributed by atoms with Gasteiger partial charge in [-0.1, -0.05) is 32.0 Å². The van der Waals surface area contributed by atoms with E-state index in [-0.39, 0.29) is 22.2 Å². The highest BCUT2D eigenvalue weighted by Crippen LogP contribution is 2.54. The van der Waals surface area contributed by atoms with Gasteiger partial charge in [0.2, 0.25) is 0 Å². The predicted molar refractivity (Wildman–Crippen MR) is 86.8 cm³/mol. The minimum atomic E-state index is -1.18. The van der Waals surface area contributed by atoms with Crippen molar-refractivity contribution in [3.63, 3.8) is 0 Å². The number of hydrogen-bond acceptors (Lipinski definition) is 4. The molecule has 118 valence electrons. The van der Waals surface area contributed by atoms with Gasteiger partial charge in [-0.3, -0.25) is 9.59 Å². The lowest BCUT2D eigenvalue weighted by molar-refractivity contribution is -0.153. The van der Waals surface area contributed by atoms with Gasteiger partial charge in [0, 0.05) is 23.0 Å². The molecule has 0 radical (unpaired) electrons. The maximum atomic E-state index is 12.9. The Kier molecular flexibility index (Phi) is 3.94. The second kappa shape index (κ2) is 5.50. The van der Waals surface area contributed by atoms with E-state index in [1.54, 1.807) is 11.8 Å². The SMILES string of the molecule is CC1(C)CC(=O)C2(C(=O)C1)C(O)CCC2Sc1ccccc1. The molecular formula is C18H22O3S. The van der Waals surface area contributed by atoms with Crippen LogP contribution in [0.4, 0.5) is 0 Å². The fraction of sp³-hybridized carbons (Fsp3) is 0.556. The lowest BCUT2D eigenvalue weighted by Gasteiger charge is -2.43. The average molecular weight is 318 g/mol. The molecule has 1 N–H and O–H groups in total. The Morgan fingerprint density at radius 2 is 1.64 bits per heavy atom. The number of aliphatic hydroxyl groups is 1. The summed E-state index contributed by atoms with van der Waals surface area (Å²) in [6.07, 6.45) is 1.16. The van der Waals surface area contributed by atoms with E-state index in [1.807, 2.05) is 44.2 Å². The first-order chi connectivity index (χ1) is 10.4. The van der Waals surface area contributed by atoms with E-state index in [0.29, 0.717) is 25.7 Å². The summed E-state index contributed by atoms with van der Waals surface area (Å²) in [5.74, 6) is -0.126. The molecule has 3 rings (SSSR count). The van der Waals surface area contributed by atoms with Crippen LogP contribution in [0.2, 0.25) is 0 Å². The quantitative estimate of drug-likeness (QED) is 0.851. The number of carbonyl (C=O) groups is 2.